The van der Waals surface area contributed by atoms with Gasteiger partial charge < -0.3 is 15.8 Å². The molecule has 2 atom stereocenters. The fourth-order valence-corrected chi connectivity index (χ4v) is 5.68. The summed E-state index contributed by atoms with van der Waals surface area (Å²) >= 11 is 5.82. The molecule has 0 aliphatic carbocycles. The number of carbonyl (C=O) groups excluding carboxylic acids is 1. The lowest BCUT2D eigenvalue weighted by Gasteiger charge is -2.39. The number of benzene rings is 1. The highest BCUT2D eigenvalue weighted by atomic mass is 35.5. The third-order valence-electron chi connectivity index (χ3n) is 5.64. The van der Waals surface area contributed by atoms with E-state index in [2.05, 4.69) is 15.3 Å². The van der Waals surface area contributed by atoms with Crippen LogP contribution in [0, 0.1) is 17.1 Å². The molecule has 0 saturated carbocycles. The fraction of sp³-hybridized carbons (Fsp3) is 0.364. The number of hydrogen-bond acceptors (Lipinski definition) is 8. The van der Waals surface area contributed by atoms with Crippen LogP contribution in [0.15, 0.2) is 35.5 Å². The number of nitrogens with two attached hydrogens (primary N) is 1. The molecule has 0 fully saturated rings. The van der Waals surface area contributed by atoms with Gasteiger partial charge in [-0.2, -0.15) is 5.26 Å². The molecule has 1 aromatic heterocycles. The molecule has 3 rings (SSSR count). The van der Waals surface area contributed by atoms with Crippen LogP contribution in [0.4, 0.5) is 10.1 Å². The fourth-order valence-electron chi connectivity index (χ4n) is 3.62. The summed E-state index contributed by atoms with van der Waals surface area (Å²) in [5, 5.41) is 12.0. The van der Waals surface area contributed by atoms with Crippen molar-refractivity contribution in [3.05, 3.63) is 58.1 Å². The van der Waals surface area contributed by atoms with Crippen molar-refractivity contribution in [2.45, 2.75) is 31.1 Å². The lowest BCUT2D eigenvalue weighted by molar-refractivity contribution is 0.102. The minimum Gasteiger partial charge on any atom is -0.386 e. The van der Waals surface area contributed by atoms with Gasteiger partial charge in [-0.1, -0.05) is 11.6 Å². The first-order chi connectivity index (χ1) is 15.9. The molecular weight excluding hydrogens is 485 g/mol. The van der Waals surface area contributed by atoms with Crippen LogP contribution in [0.3, 0.4) is 0 Å². The molecule has 2 aromatic rings. The average Bonchev–Trinajstić information content (AvgIpc) is 2.76. The second-order valence-electron chi connectivity index (χ2n) is 8.21. The third kappa shape index (κ3) is 4.61. The lowest BCUT2D eigenvalue weighted by atomic mass is 9.92. The van der Waals surface area contributed by atoms with Crippen LogP contribution in [0.1, 0.15) is 42.4 Å². The van der Waals surface area contributed by atoms with Gasteiger partial charge >= 0.3 is 0 Å². The molecule has 0 spiro atoms. The molecule has 1 amide bonds. The Kier molecular flexibility index (Phi) is 6.98. The highest BCUT2D eigenvalue weighted by molar-refractivity contribution is 7.93. The van der Waals surface area contributed by atoms with Crippen LogP contribution in [0.25, 0.3) is 0 Å². The third-order valence-corrected chi connectivity index (χ3v) is 8.49. The zero-order valence-electron chi connectivity index (χ0n) is 18.7. The Morgan fingerprint density at radius 2 is 2.09 bits per heavy atom. The van der Waals surface area contributed by atoms with Crippen LogP contribution in [0.2, 0.25) is 5.02 Å². The maximum atomic E-state index is 14.9. The molecule has 1 aliphatic rings. The lowest BCUT2D eigenvalue weighted by Crippen LogP contribution is -2.59. The van der Waals surface area contributed by atoms with Crippen molar-refractivity contribution in [2.75, 3.05) is 24.3 Å². The number of rotatable bonds is 6. The van der Waals surface area contributed by atoms with Crippen molar-refractivity contribution in [3.8, 4) is 6.07 Å². The highest BCUT2D eigenvalue weighted by Crippen LogP contribution is 2.39. The predicted molar refractivity (Wildman–Crippen MR) is 126 cm³/mol. The van der Waals surface area contributed by atoms with E-state index in [1.54, 1.807) is 6.92 Å². The molecule has 180 valence electrons. The Morgan fingerprint density at radius 3 is 2.71 bits per heavy atom. The van der Waals surface area contributed by atoms with E-state index >= 15 is 0 Å². The van der Waals surface area contributed by atoms with Gasteiger partial charge in [0.15, 0.2) is 9.84 Å². The monoisotopic (exact) mass is 507 g/mol. The number of anilines is 1. The highest BCUT2D eigenvalue weighted by Gasteiger charge is 2.52. The number of ether oxygens (including phenoxy) is 1. The van der Waals surface area contributed by atoms with E-state index in [9.17, 15) is 22.9 Å². The standard InChI is InChI=1S/C22H23ClFN5O4S/c1-4-33-11-22(3)20(26)29-21(2,12-34(22,31)32)16-8-15(5-6-17(16)24)28-19(30)18-13(9-25)7-14(23)10-27-18/h5-8,10H,4,11-12H2,1-3H3,(H2,26,29)(H,28,30)/t21-,22-/m0/s1. The van der Waals surface area contributed by atoms with Crippen LogP contribution < -0.4 is 11.1 Å². The van der Waals surface area contributed by atoms with Gasteiger partial charge in [-0.3, -0.25) is 9.79 Å². The molecule has 0 bridgehead atoms. The van der Waals surface area contributed by atoms with Crippen LogP contribution in [-0.2, 0) is 20.1 Å². The first-order valence-corrected chi connectivity index (χ1v) is 12.2. The summed E-state index contributed by atoms with van der Waals surface area (Å²) in [6.45, 7) is 4.73. The Balaban J connectivity index is 2.00. The summed E-state index contributed by atoms with van der Waals surface area (Å²) < 4.78 is 45.0. The molecule has 34 heavy (non-hydrogen) atoms. The molecule has 12 heteroatoms. The number of pyridine rings is 1. The number of amidine groups is 1. The molecule has 0 unspecified atom stereocenters. The van der Waals surface area contributed by atoms with Gasteiger partial charge in [0.05, 0.1) is 22.9 Å². The quantitative estimate of drug-likeness (QED) is 0.610. The maximum Gasteiger partial charge on any atom is 0.275 e. The number of nitriles is 1. The summed E-state index contributed by atoms with van der Waals surface area (Å²) in [5.41, 5.74) is 4.41. The number of hydrogen-bond donors (Lipinski definition) is 2. The van der Waals surface area contributed by atoms with E-state index in [-0.39, 0.29) is 40.0 Å². The van der Waals surface area contributed by atoms with Gasteiger partial charge in [0.2, 0.25) is 0 Å². The van der Waals surface area contributed by atoms with Crippen molar-refractivity contribution in [1.29, 1.82) is 5.26 Å². The molecule has 2 heterocycles. The van der Waals surface area contributed by atoms with E-state index in [0.717, 1.165) is 6.07 Å². The first kappa shape index (κ1) is 25.6. The Hall–Kier alpha value is -3.07. The second-order valence-corrected chi connectivity index (χ2v) is 11.1. The number of carbonyl (C=O) groups is 1. The molecular formula is C22H23ClFN5O4S. The molecule has 9 nitrogen and oxygen atoms in total. The molecule has 1 aromatic carbocycles. The topological polar surface area (TPSA) is 148 Å². The van der Waals surface area contributed by atoms with Gasteiger partial charge in [0.25, 0.3) is 5.91 Å². The number of nitrogens with one attached hydrogen (secondary N) is 1. The van der Waals surface area contributed by atoms with Gasteiger partial charge in [-0.05, 0) is 45.0 Å². The van der Waals surface area contributed by atoms with Crippen LogP contribution in [0.5, 0.6) is 0 Å². The normalized spacial score (nSPS) is 23.6. The summed E-state index contributed by atoms with van der Waals surface area (Å²) in [4.78, 5) is 20.9. The van der Waals surface area contributed by atoms with Crippen LogP contribution >= 0.6 is 11.6 Å². The largest absolute Gasteiger partial charge is 0.386 e. The van der Waals surface area contributed by atoms with Crippen molar-refractivity contribution < 1.29 is 22.3 Å². The summed E-state index contributed by atoms with van der Waals surface area (Å²) in [6.07, 6.45) is 1.22. The van der Waals surface area contributed by atoms with Gasteiger partial charge in [-0.25, -0.2) is 17.8 Å². The maximum absolute atomic E-state index is 14.9. The van der Waals surface area contributed by atoms with Crippen molar-refractivity contribution in [2.24, 2.45) is 10.7 Å². The summed E-state index contributed by atoms with van der Waals surface area (Å²) in [5.74, 6) is -2.15. The molecule has 0 saturated heterocycles. The van der Waals surface area contributed by atoms with Gasteiger partial charge in [0, 0.05) is 24.1 Å². The number of nitrogens with zero attached hydrogens (tertiary/aromatic N) is 3. The SMILES string of the molecule is CCOC[C@@]1(C)C(N)=N[C@](C)(c2cc(NC(=O)c3ncc(Cl)cc3C#N)ccc2F)CS1(=O)=O. The Morgan fingerprint density at radius 1 is 1.38 bits per heavy atom. The first-order valence-electron chi connectivity index (χ1n) is 10.2. The zero-order valence-corrected chi connectivity index (χ0v) is 20.3. The molecule has 3 N–H and O–H groups in total. The minimum atomic E-state index is -3.90. The van der Waals surface area contributed by atoms with E-state index in [1.165, 1.54) is 38.2 Å². The van der Waals surface area contributed by atoms with Gasteiger partial charge in [0.1, 0.15) is 33.7 Å². The smallest absolute Gasteiger partial charge is 0.275 e. The molecule has 1 aliphatic heterocycles. The summed E-state index contributed by atoms with van der Waals surface area (Å²) in [7, 11) is -3.90. The predicted octanol–water partition coefficient (Wildman–Crippen LogP) is 2.79. The van der Waals surface area contributed by atoms with Crippen LogP contribution in [-0.4, -0.2) is 48.9 Å². The Labute approximate surface area is 201 Å². The van der Waals surface area contributed by atoms with E-state index in [4.69, 9.17) is 22.1 Å². The van der Waals surface area contributed by atoms with E-state index < -0.39 is 37.6 Å². The number of aromatic nitrogens is 1. The number of aliphatic imine (C=N–C) groups is 1. The minimum absolute atomic E-state index is 0.0383. The second kappa shape index (κ2) is 9.29. The summed E-state index contributed by atoms with van der Waals surface area (Å²) in [6, 6.07) is 6.80. The van der Waals surface area contributed by atoms with Gasteiger partial charge in [-0.15, -0.1) is 0 Å². The van der Waals surface area contributed by atoms with Crippen molar-refractivity contribution in [3.63, 3.8) is 0 Å². The average molecular weight is 508 g/mol. The van der Waals surface area contributed by atoms with E-state index in [0.29, 0.717) is 6.61 Å². The Bertz CT molecular complexity index is 1330. The zero-order chi connectivity index (χ0) is 25.3. The number of sulfone groups is 1. The number of halogens is 2. The van der Waals surface area contributed by atoms with Crippen molar-refractivity contribution in [1.82, 2.24) is 4.98 Å². The molecule has 0 radical (unpaired) electrons. The van der Waals surface area contributed by atoms with Crippen molar-refractivity contribution >= 4 is 38.9 Å². The van der Waals surface area contributed by atoms with E-state index in [1.807, 2.05) is 6.07 Å². The number of amides is 1.